The number of likely N-dealkylation sites (N-methyl/N-ethyl adjacent to an activating group) is 1. The Labute approximate surface area is 144 Å². The van der Waals surface area contributed by atoms with Crippen molar-refractivity contribution in [3.8, 4) is 22.6 Å². The lowest BCUT2D eigenvalue weighted by Gasteiger charge is -2.07. The van der Waals surface area contributed by atoms with Gasteiger partial charge in [0.2, 0.25) is 0 Å². The lowest BCUT2D eigenvalue weighted by atomic mass is 9.99. The Hall–Kier alpha value is -3.28. The molecule has 0 radical (unpaired) electrons. The summed E-state index contributed by atoms with van der Waals surface area (Å²) >= 11 is 0. The van der Waals surface area contributed by atoms with Gasteiger partial charge in [0.25, 0.3) is 11.7 Å². The highest BCUT2D eigenvalue weighted by atomic mass is 16.5. The van der Waals surface area contributed by atoms with E-state index in [1.807, 2.05) is 30.3 Å². The molecule has 0 aliphatic carbocycles. The summed E-state index contributed by atoms with van der Waals surface area (Å²) in [5.74, 6) is -0.516. The molecule has 0 aliphatic rings. The number of nitrogens with one attached hydrogen (secondary N) is 1. The molecule has 128 valence electrons. The Morgan fingerprint density at radius 2 is 1.76 bits per heavy atom. The van der Waals surface area contributed by atoms with Crippen LogP contribution in [0.3, 0.4) is 0 Å². The molecule has 0 saturated carbocycles. The number of hydrogen-bond acceptors (Lipinski definition) is 5. The number of amides is 1. The highest BCUT2D eigenvalue weighted by molar-refractivity contribution is 6.44. The van der Waals surface area contributed by atoms with Crippen LogP contribution in [0.1, 0.15) is 10.6 Å². The average Bonchev–Trinajstić information content (AvgIpc) is 3.05. The van der Waals surface area contributed by atoms with Crippen molar-refractivity contribution in [3.05, 3.63) is 48.2 Å². The fraction of sp³-hybridized carbons (Fsp3) is 0.158. The number of fused-ring (bicyclic) bond motifs is 1. The van der Waals surface area contributed by atoms with Crippen molar-refractivity contribution >= 4 is 22.7 Å². The molecule has 1 aromatic heterocycles. The van der Waals surface area contributed by atoms with Crippen LogP contribution in [-0.4, -0.2) is 33.0 Å². The summed E-state index contributed by atoms with van der Waals surface area (Å²) in [4.78, 5) is 24.4. The molecule has 1 heterocycles. The summed E-state index contributed by atoms with van der Waals surface area (Å²) in [5, 5.41) is 2.95. The van der Waals surface area contributed by atoms with Crippen molar-refractivity contribution in [3.63, 3.8) is 0 Å². The first kappa shape index (κ1) is 16.6. The Balaban J connectivity index is 2.38. The molecule has 1 N–H and O–H groups in total. The third kappa shape index (κ3) is 2.82. The van der Waals surface area contributed by atoms with Crippen molar-refractivity contribution in [1.82, 2.24) is 5.32 Å². The second kappa shape index (κ2) is 6.68. The lowest BCUT2D eigenvalue weighted by Crippen LogP contribution is -2.27. The summed E-state index contributed by atoms with van der Waals surface area (Å²) in [6.07, 6.45) is 0. The highest BCUT2D eigenvalue weighted by Gasteiger charge is 2.28. The summed E-state index contributed by atoms with van der Waals surface area (Å²) in [6.45, 7) is 0. The molecule has 1 amide bonds. The molecular formula is C19H17NO5. The van der Waals surface area contributed by atoms with E-state index in [9.17, 15) is 9.59 Å². The van der Waals surface area contributed by atoms with Crippen LogP contribution in [0.4, 0.5) is 0 Å². The molecule has 6 nitrogen and oxygen atoms in total. The number of ketones is 1. The first-order valence-corrected chi connectivity index (χ1v) is 7.61. The predicted molar refractivity (Wildman–Crippen MR) is 93.2 cm³/mol. The predicted octanol–water partition coefficient (Wildman–Crippen LogP) is 3.05. The number of hydrogen-bond donors (Lipinski definition) is 1. The van der Waals surface area contributed by atoms with Gasteiger partial charge in [0.15, 0.2) is 5.76 Å². The molecule has 3 aromatic rings. The van der Waals surface area contributed by atoms with Crippen LogP contribution in [0.2, 0.25) is 0 Å². The molecule has 2 aromatic carbocycles. The van der Waals surface area contributed by atoms with Crippen molar-refractivity contribution in [1.29, 1.82) is 0 Å². The standard InChI is InChI=1S/C19H17NO5/c1-20-19(22)17(21)18-15(11-7-5-4-6-8-11)16-13(24-3)9-12(23-2)10-14(16)25-18/h4-10H,1-3H3,(H,20,22). The molecule has 6 heteroatoms. The van der Waals surface area contributed by atoms with Crippen LogP contribution >= 0.6 is 0 Å². The molecule has 0 unspecified atom stereocenters. The number of furan rings is 1. The summed E-state index contributed by atoms with van der Waals surface area (Å²) in [6, 6.07) is 12.6. The first-order chi connectivity index (χ1) is 12.1. The molecule has 0 atom stereocenters. The first-order valence-electron chi connectivity index (χ1n) is 7.61. The number of carbonyl (C=O) groups is 2. The third-order valence-electron chi connectivity index (χ3n) is 3.89. The van der Waals surface area contributed by atoms with Gasteiger partial charge >= 0.3 is 0 Å². The van der Waals surface area contributed by atoms with Gasteiger partial charge in [-0.05, 0) is 5.56 Å². The zero-order valence-corrected chi connectivity index (χ0v) is 14.1. The molecule has 0 spiro atoms. The highest BCUT2D eigenvalue weighted by Crippen LogP contribution is 2.42. The number of ether oxygens (including phenoxy) is 2. The average molecular weight is 339 g/mol. The van der Waals surface area contributed by atoms with E-state index < -0.39 is 11.7 Å². The van der Waals surface area contributed by atoms with E-state index in [1.165, 1.54) is 21.3 Å². The molecule has 3 rings (SSSR count). The largest absolute Gasteiger partial charge is 0.496 e. The summed E-state index contributed by atoms with van der Waals surface area (Å²) in [5.41, 5.74) is 1.67. The van der Waals surface area contributed by atoms with E-state index in [-0.39, 0.29) is 5.76 Å². The molecule has 0 fully saturated rings. The van der Waals surface area contributed by atoms with Crippen molar-refractivity contribution in [2.75, 3.05) is 21.3 Å². The zero-order valence-electron chi connectivity index (χ0n) is 14.1. The zero-order chi connectivity index (χ0) is 18.0. The lowest BCUT2D eigenvalue weighted by molar-refractivity contribution is -0.116. The van der Waals surface area contributed by atoms with E-state index in [4.69, 9.17) is 13.9 Å². The molecular weight excluding hydrogens is 322 g/mol. The quantitative estimate of drug-likeness (QED) is 0.571. The van der Waals surface area contributed by atoms with Gasteiger partial charge in [-0.2, -0.15) is 0 Å². The Kier molecular flexibility index (Phi) is 4.43. The molecule has 0 saturated heterocycles. The fourth-order valence-electron chi connectivity index (χ4n) is 2.70. The minimum atomic E-state index is -0.751. The van der Waals surface area contributed by atoms with Gasteiger partial charge in [0.05, 0.1) is 19.6 Å². The van der Waals surface area contributed by atoms with E-state index in [0.29, 0.717) is 28.0 Å². The van der Waals surface area contributed by atoms with Crippen molar-refractivity contribution < 1.29 is 23.5 Å². The van der Waals surface area contributed by atoms with Crippen LogP contribution in [0.5, 0.6) is 11.5 Å². The second-order valence-corrected chi connectivity index (χ2v) is 5.28. The van der Waals surface area contributed by atoms with E-state index in [0.717, 1.165) is 5.56 Å². The summed E-state index contributed by atoms with van der Waals surface area (Å²) < 4.78 is 16.5. The number of Topliss-reactive ketones (excluding diaryl/α,β-unsaturated/α-hetero) is 1. The topological polar surface area (TPSA) is 77.8 Å². The van der Waals surface area contributed by atoms with Crippen LogP contribution in [0, 0.1) is 0 Å². The molecule has 0 bridgehead atoms. The minimum absolute atomic E-state index is 0.0351. The van der Waals surface area contributed by atoms with E-state index in [2.05, 4.69) is 5.32 Å². The molecule has 0 aliphatic heterocycles. The van der Waals surface area contributed by atoms with Crippen LogP contribution < -0.4 is 14.8 Å². The monoisotopic (exact) mass is 339 g/mol. The third-order valence-corrected chi connectivity index (χ3v) is 3.89. The van der Waals surface area contributed by atoms with Crippen LogP contribution in [-0.2, 0) is 4.79 Å². The van der Waals surface area contributed by atoms with E-state index >= 15 is 0 Å². The van der Waals surface area contributed by atoms with E-state index in [1.54, 1.807) is 12.1 Å². The number of rotatable bonds is 5. The maximum absolute atomic E-state index is 12.5. The van der Waals surface area contributed by atoms with Crippen molar-refractivity contribution in [2.45, 2.75) is 0 Å². The van der Waals surface area contributed by atoms with Gasteiger partial charge in [0, 0.05) is 24.7 Å². The van der Waals surface area contributed by atoms with Gasteiger partial charge < -0.3 is 19.2 Å². The Bertz CT molecular complexity index is 943. The van der Waals surface area contributed by atoms with Gasteiger partial charge in [-0.3, -0.25) is 9.59 Å². The Morgan fingerprint density at radius 1 is 1.04 bits per heavy atom. The second-order valence-electron chi connectivity index (χ2n) is 5.28. The normalized spacial score (nSPS) is 10.5. The number of benzene rings is 2. The van der Waals surface area contributed by atoms with Gasteiger partial charge in [-0.15, -0.1) is 0 Å². The maximum Gasteiger partial charge on any atom is 0.295 e. The van der Waals surface area contributed by atoms with Crippen LogP contribution in [0.25, 0.3) is 22.1 Å². The van der Waals surface area contributed by atoms with Gasteiger partial charge in [0.1, 0.15) is 17.1 Å². The SMILES string of the molecule is CNC(=O)C(=O)c1oc2cc(OC)cc(OC)c2c1-c1ccccc1. The summed E-state index contributed by atoms with van der Waals surface area (Å²) in [7, 11) is 4.45. The van der Waals surface area contributed by atoms with Gasteiger partial charge in [-0.1, -0.05) is 30.3 Å². The molecule has 25 heavy (non-hydrogen) atoms. The minimum Gasteiger partial charge on any atom is -0.496 e. The maximum atomic E-state index is 12.5. The number of carbonyl (C=O) groups excluding carboxylic acids is 2. The van der Waals surface area contributed by atoms with Crippen molar-refractivity contribution in [2.24, 2.45) is 0 Å². The smallest absolute Gasteiger partial charge is 0.295 e. The van der Waals surface area contributed by atoms with Crippen LogP contribution in [0.15, 0.2) is 46.9 Å². The van der Waals surface area contributed by atoms with Gasteiger partial charge in [-0.25, -0.2) is 0 Å². The fourth-order valence-corrected chi connectivity index (χ4v) is 2.70. The number of methoxy groups -OCH3 is 2. The Morgan fingerprint density at radius 3 is 2.36 bits per heavy atom.